The third-order valence-electron chi connectivity index (χ3n) is 6.03. The predicted octanol–water partition coefficient (Wildman–Crippen LogP) is 3.40. The van der Waals surface area contributed by atoms with Crippen LogP contribution in [0.15, 0.2) is 0 Å². The van der Waals surface area contributed by atoms with Crippen LogP contribution >= 0.6 is 0 Å². The van der Waals surface area contributed by atoms with E-state index in [0.717, 1.165) is 25.3 Å². The summed E-state index contributed by atoms with van der Waals surface area (Å²) in [4.78, 5) is 15.1. The molecule has 1 heterocycles. The van der Waals surface area contributed by atoms with Gasteiger partial charge in [-0.3, -0.25) is 10.1 Å². The Morgan fingerprint density at radius 1 is 1.29 bits per heavy atom. The van der Waals surface area contributed by atoms with Crippen molar-refractivity contribution < 1.29 is 4.79 Å². The zero-order valence-corrected chi connectivity index (χ0v) is 14.2. The highest BCUT2D eigenvalue weighted by Gasteiger charge is 2.56. The second-order valence-electron chi connectivity index (χ2n) is 8.28. The van der Waals surface area contributed by atoms with Crippen LogP contribution in [-0.2, 0) is 4.79 Å². The fourth-order valence-electron chi connectivity index (χ4n) is 4.07. The maximum atomic E-state index is 12.9. The molecule has 0 bridgehead atoms. The number of amides is 1. The third kappa shape index (κ3) is 2.99. The average Bonchev–Trinajstić information content (AvgIpc) is 3.31. The number of hydrogen-bond acceptors (Lipinski definition) is 2. The van der Waals surface area contributed by atoms with Gasteiger partial charge >= 0.3 is 0 Å². The first-order valence-corrected chi connectivity index (χ1v) is 9.03. The molecule has 1 amide bonds. The Morgan fingerprint density at radius 3 is 2.43 bits per heavy atom. The second kappa shape index (κ2) is 5.57. The summed E-state index contributed by atoms with van der Waals surface area (Å²) >= 11 is 0. The SMILES string of the molecule is CCC(C)C1NC(CC(C)C)N(CC2(C3CC3)CC2)C1=O. The summed E-state index contributed by atoms with van der Waals surface area (Å²) in [6.07, 6.45) is 7.93. The van der Waals surface area contributed by atoms with Crippen LogP contribution in [0.3, 0.4) is 0 Å². The van der Waals surface area contributed by atoms with Gasteiger partial charge in [0.2, 0.25) is 5.91 Å². The molecule has 3 unspecified atom stereocenters. The van der Waals surface area contributed by atoms with E-state index < -0.39 is 0 Å². The molecular formula is C18H32N2O. The molecule has 3 aliphatic rings. The van der Waals surface area contributed by atoms with Crippen LogP contribution in [0, 0.1) is 23.2 Å². The first-order chi connectivity index (χ1) is 9.97. The van der Waals surface area contributed by atoms with Crippen molar-refractivity contribution in [3.05, 3.63) is 0 Å². The van der Waals surface area contributed by atoms with E-state index in [2.05, 4.69) is 37.9 Å². The van der Waals surface area contributed by atoms with Crippen molar-refractivity contribution in [2.24, 2.45) is 23.2 Å². The third-order valence-corrected chi connectivity index (χ3v) is 6.03. The van der Waals surface area contributed by atoms with Gasteiger partial charge in [-0.1, -0.05) is 34.1 Å². The van der Waals surface area contributed by atoms with Crippen molar-refractivity contribution in [1.82, 2.24) is 10.2 Å². The van der Waals surface area contributed by atoms with Crippen molar-refractivity contribution in [2.45, 2.75) is 78.4 Å². The number of carbonyl (C=O) groups excluding carboxylic acids is 1. The molecule has 2 aliphatic carbocycles. The molecule has 2 saturated carbocycles. The Hall–Kier alpha value is -0.570. The van der Waals surface area contributed by atoms with Crippen LogP contribution in [0.2, 0.25) is 0 Å². The second-order valence-corrected chi connectivity index (χ2v) is 8.28. The van der Waals surface area contributed by atoms with Crippen molar-refractivity contribution in [3.8, 4) is 0 Å². The van der Waals surface area contributed by atoms with Crippen molar-refractivity contribution in [2.75, 3.05) is 6.54 Å². The number of nitrogens with one attached hydrogen (secondary N) is 1. The molecule has 0 spiro atoms. The number of hydrogen-bond donors (Lipinski definition) is 1. The minimum Gasteiger partial charge on any atom is -0.325 e. The molecule has 3 atom stereocenters. The van der Waals surface area contributed by atoms with Crippen LogP contribution in [0.5, 0.6) is 0 Å². The van der Waals surface area contributed by atoms with Gasteiger partial charge in [0.1, 0.15) is 0 Å². The highest BCUT2D eigenvalue weighted by atomic mass is 16.2. The zero-order valence-electron chi connectivity index (χ0n) is 14.2. The minimum atomic E-state index is 0.0498. The van der Waals surface area contributed by atoms with Crippen LogP contribution in [0.4, 0.5) is 0 Å². The van der Waals surface area contributed by atoms with Gasteiger partial charge in [0.25, 0.3) is 0 Å². The smallest absolute Gasteiger partial charge is 0.241 e. The molecule has 1 N–H and O–H groups in total. The Morgan fingerprint density at radius 2 is 1.95 bits per heavy atom. The lowest BCUT2D eigenvalue weighted by molar-refractivity contribution is -0.132. The molecule has 1 aliphatic heterocycles. The first kappa shape index (κ1) is 15.3. The highest BCUT2D eigenvalue weighted by Crippen LogP contribution is 2.61. The standard InChI is InChI=1S/C18H32N2O/c1-5-13(4)16-17(21)20(15(19-16)10-12(2)3)11-18(8-9-18)14-6-7-14/h12-16,19H,5-11H2,1-4H3. The van der Waals surface area contributed by atoms with Gasteiger partial charge in [-0.15, -0.1) is 0 Å². The molecule has 0 aromatic heterocycles. The molecule has 1 saturated heterocycles. The monoisotopic (exact) mass is 292 g/mol. The maximum absolute atomic E-state index is 12.9. The van der Waals surface area contributed by atoms with Crippen LogP contribution in [-0.4, -0.2) is 29.6 Å². The summed E-state index contributed by atoms with van der Waals surface area (Å²) in [5, 5.41) is 3.66. The van der Waals surface area contributed by atoms with E-state index in [1.54, 1.807) is 0 Å². The molecule has 0 radical (unpaired) electrons. The lowest BCUT2D eigenvalue weighted by Crippen LogP contribution is -2.42. The van der Waals surface area contributed by atoms with Gasteiger partial charge in [-0.05, 0) is 55.3 Å². The first-order valence-electron chi connectivity index (χ1n) is 9.03. The van der Waals surface area contributed by atoms with Gasteiger partial charge in [-0.25, -0.2) is 0 Å². The molecule has 3 heteroatoms. The van der Waals surface area contributed by atoms with Crippen molar-refractivity contribution in [3.63, 3.8) is 0 Å². The fraction of sp³-hybridized carbons (Fsp3) is 0.944. The molecular weight excluding hydrogens is 260 g/mol. The molecule has 120 valence electrons. The molecule has 3 fully saturated rings. The van der Waals surface area contributed by atoms with Gasteiger partial charge in [0.15, 0.2) is 0 Å². The minimum absolute atomic E-state index is 0.0498. The lowest BCUT2D eigenvalue weighted by Gasteiger charge is -2.30. The average molecular weight is 292 g/mol. The summed E-state index contributed by atoms with van der Waals surface area (Å²) in [5.41, 5.74) is 0.511. The molecule has 3 nitrogen and oxygen atoms in total. The zero-order chi connectivity index (χ0) is 15.2. The largest absolute Gasteiger partial charge is 0.325 e. The molecule has 0 aromatic carbocycles. The van der Waals surface area contributed by atoms with E-state index in [9.17, 15) is 4.79 Å². The topological polar surface area (TPSA) is 32.3 Å². The van der Waals surface area contributed by atoms with E-state index in [0.29, 0.717) is 23.2 Å². The highest BCUT2D eigenvalue weighted by molar-refractivity contribution is 5.84. The van der Waals surface area contributed by atoms with E-state index >= 15 is 0 Å². The van der Waals surface area contributed by atoms with E-state index in [-0.39, 0.29) is 12.2 Å². The molecule has 0 aromatic rings. The van der Waals surface area contributed by atoms with Crippen LogP contribution < -0.4 is 5.32 Å². The number of rotatable bonds is 7. The fourth-order valence-corrected chi connectivity index (χ4v) is 4.07. The van der Waals surface area contributed by atoms with Gasteiger partial charge in [-0.2, -0.15) is 0 Å². The van der Waals surface area contributed by atoms with Gasteiger partial charge in [0, 0.05) is 6.54 Å². The van der Waals surface area contributed by atoms with Gasteiger partial charge < -0.3 is 4.90 Å². The Kier molecular flexibility index (Phi) is 4.06. The van der Waals surface area contributed by atoms with Gasteiger partial charge in [0.05, 0.1) is 12.2 Å². The van der Waals surface area contributed by atoms with E-state index in [1.807, 2.05) is 0 Å². The Balaban J connectivity index is 1.72. The maximum Gasteiger partial charge on any atom is 0.241 e. The summed E-state index contributed by atoms with van der Waals surface area (Å²) in [6, 6.07) is 0.0498. The molecule has 21 heavy (non-hydrogen) atoms. The van der Waals surface area contributed by atoms with Crippen molar-refractivity contribution in [1.29, 1.82) is 0 Å². The Bertz CT molecular complexity index is 398. The van der Waals surface area contributed by atoms with E-state index in [4.69, 9.17) is 0 Å². The summed E-state index contributed by atoms with van der Waals surface area (Å²) in [5.74, 6) is 2.37. The number of carbonyl (C=O) groups is 1. The number of nitrogens with zero attached hydrogens (tertiary/aromatic N) is 1. The van der Waals surface area contributed by atoms with Crippen molar-refractivity contribution >= 4 is 5.91 Å². The summed E-state index contributed by atoms with van der Waals surface area (Å²) in [7, 11) is 0. The lowest BCUT2D eigenvalue weighted by atomic mass is 9.97. The molecule has 3 rings (SSSR count). The normalized spacial score (nSPS) is 32.8. The quantitative estimate of drug-likeness (QED) is 0.780. The Labute approximate surface area is 129 Å². The summed E-state index contributed by atoms with van der Waals surface area (Å²) in [6.45, 7) is 9.93. The predicted molar refractivity (Wildman–Crippen MR) is 85.7 cm³/mol. The van der Waals surface area contributed by atoms with Crippen LogP contribution in [0.1, 0.15) is 66.2 Å². The van der Waals surface area contributed by atoms with Crippen LogP contribution in [0.25, 0.3) is 0 Å². The van der Waals surface area contributed by atoms with E-state index in [1.165, 1.54) is 25.7 Å². The summed E-state index contributed by atoms with van der Waals surface area (Å²) < 4.78 is 0.